The summed E-state index contributed by atoms with van der Waals surface area (Å²) in [5.74, 6) is 1.23. The Labute approximate surface area is 162 Å². The van der Waals surface area contributed by atoms with Gasteiger partial charge in [-0.05, 0) is 49.2 Å². The Balaban J connectivity index is 1.69. The Morgan fingerprint density at radius 2 is 2.08 bits per heavy atom. The second kappa shape index (κ2) is 8.56. The number of ether oxygens (including phenoxy) is 2. The van der Waals surface area contributed by atoms with Gasteiger partial charge in [0.1, 0.15) is 11.5 Å². The first-order valence-electron chi connectivity index (χ1n) is 8.62. The highest BCUT2D eigenvalue weighted by molar-refractivity contribution is 9.10. The molecule has 0 aromatic heterocycles. The fourth-order valence-corrected chi connectivity index (χ4v) is 3.81. The number of anilines is 1. The van der Waals surface area contributed by atoms with Crippen LogP contribution in [0.5, 0.6) is 11.5 Å². The van der Waals surface area contributed by atoms with Crippen LogP contribution in [-0.4, -0.2) is 38.1 Å². The summed E-state index contributed by atoms with van der Waals surface area (Å²) < 4.78 is 11.6. The van der Waals surface area contributed by atoms with E-state index in [1.165, 1.54) is 5.56 Å². The first kappa shape index (κ1) is 18.7. The largest absolute Gasteiger partial charge is 0.497 e. The van der Waals surface area contributed by atoms with Crippen LogP contribution in [0.25, 0.3) is 0 Å². The number of hydrogen-bond acceptors (Lipinski definition) is 4. The molecule has 1 amide bonds. The van der Waals surface area contributed by atoms with Crippen LogP contribution in [0.4, 0.5) is 5.69 Å². The number of rotatable bonds is 6. The molecule has 0 radical (unpaired) electrons. The van der Waals surface area contributed by atoms with Gasteiger partial charge in [-0.3, -0.25) is 9.69 Å². The molecule has 2 aromatic carbocycles. The molecule has 0 bridgehead atoms. The number of benzene rings is 2. The highest BCUT2D eigenvalue weighted by atomic mass is 79.9. The maximum atomic E-state index is 12.6. The predicted molar refractivity (Wildman–Crippen MR) is 106 cm³/mol. The van der Waals surface area contributed by atoms with Gasteiger partial charge in [0.05, 0.1) is 26.5 Å². The fourth-order valence-electron chi connectivity index (χ4n) is 3.39. The number of nitrogens with one attached hydrogen (secondary N) is 1. The van der Waals surface area contributed by atoms with Gasteiger partial charge in [-0.25, -0.2) is 0 Å². The van der Waals surface area contributed by atoms with Gasteiger partial charge in [0, 0.05) is 16.6 Å². The summed E-state index contributed by atoms with van der Waals surface area (Å²) in [6.45, 7) is 1.26. The van der Waals surface area contributed by atoms with Crippen LogP contribution in [0.3, 0.4) is 0 Å². The molecule has 1 N–H and O–H groups in total. The molecule has 26 heavy (non-hydrogen) atoms. The summed E-state index contributed by atoms with van der Waals surface area (Å²) in [6.07, 6.45) is 2.15. The lowest BCUT2D eigenvalue weighted by Gasteiger charge is -2.24. The van der Waals surface area contributed by atoms with Crippen molar-refractivity contribution in [3.05, 3.63) is 52.5 Å². The van der Waals surface area contributed by atoms with E-state index in [1.807, 2.05) is 12.1 Å². The normalized spacial score (nSPS) is 17.1. The first-order valence-corrected chi connectivity index (χ1v) is 9.41. The molecule has 0 saturated carbocycles. The van der Waals surface area contributed by atoms with E-state index in [0.717, 1.165) is 23.9 Å². The van der Waals surface area contributed by atoms with Gasteiger partial charge in [0.25, 0.3) is 0 Å². The fraction of sp³-hybridized carbons (Fsp3) is 0.350. The van der Waals surface area contributed by atoms with Gasteiger partial charge < -0.3 is 14.8 Å². The minimum absolute atomic E-state index is 0.0570. The molecule has 1 fully saturated rings. The number of halogens is 1. The maximum Gasteiger partial charge on any atom is 0.238 e. The molecular weight excluding hydrogens is 396 g/mol. The molecule has 1 unspecified atom stereocenters. The van der Waals surface area contributed by atoms with Crippen LogP contribution in [0.15, 0.2) is 46.9 Å². The molecule has 5 nitrogen and oxygen atoms in total. The van der Waals surface area contributed by atoms with Gasteiger partial charge in [0.2, 0.25) is 5.91 Å². The molecule has 2 aromatic rings. The zero-order chi connectivity index (χ0) is 18.5. The van der Waals surface area contributed by atoms with Gasteiger partial charge in [0.15, 0.2) is 0 Å². The van der Waals surface area contributed by atoms with Crippen LogP contribution < -0.4 is 14.8 Å². The second-order valence-electron chi connectivity index (χ2n) is 6.30. The van der Waals surface area contributed by atoms with Crippen molar-refractivity contribution in [2.75, 3.05) is 32.6 Å². The Hall–Kier alpha value is -2.05. The van der Waals surface area contributed by atoms with Crippen molar-refractivity contribution in [1.82, 2.24) is 4.90 Å². The summed E-state index contributed by atoms with van der Waals surface area (Å²) >= 11 is 3.53. The minimum Gasteiger partial charge on any atom is -0.497 e. The molecule has 1 heterocycles. The lowest BCUT2D eigenvalue weighted by Crippen LogP contribution is -2.33. The number of nitrogens with zero attached hydrogens (tertiary/aromatic N) is 1. The smallest absolute Gasteiger partial charge is 0.238 e. The molecule has 1 atom stereocenters. The van der Waals surface area contributed by atoms with E-state index < -0.39 is 0 Å². The number of methoxy groups -OCH3 is 2. The van der Waals surface area contributed by atoms with Gasteiger partial charge in [-0.15, -0.1) is 0 Å². The first-order chi connectivity index (χ1) is 12.6. The Kier molecular flexibility index (Phi) is 6.16. The predicted octanol–water partition coefficient (Wildman–Crippen LogP) is 4.24. The molecule has 0 spiro atoms. The van der Waals surface area contributed by atoms with Gasteiger partial charge >= 0.3 is 0 Å². The number of amides is 1. The maximum absolute atomic E-state index is 12.6. The SMILES string of the molecule is COc1ccc(OC)c(NC(=O)CN2CCCC2c2cccc(Br)c2)c1. The van der Waals surface area contributed by atoms with Crippen LogP contribution in [0, 0.1) is 0 Å². The van der Waals surface area contributed by atoms with Crippen molar-refractivity contribution in [2.45, 2.75) is 18.9 Å². The molecule has 1 aliphatic heterocycles. The van der Waals surface area contributed by atoms with Crippen LogP contribution >= 0.6 is 15.9 Å². The second-order valence-corrected chi connectivity index (χ2v) is 7.21. The van der Waals surface area contributed by atoms with Crippen LogP contribution in [-0.2, 0) is 4.79 Å². The van der Waals surface area contributed by atoms with E-state index in [9.17, 15) is 4.79 Å². The minimum atomic E-state index is -0.0570. The summed E-state index contributed by atoms with van der Waals surface area (Å²) in [5, 5.41) is 2.95. The molecule has 1 aliphatic rings. The zero-order valence-electron chi connectivity index (χ0n) is 15.0. The summed E-state index contributed by atoms with van der Waals surface area (Å²) in [6, 6.07) is 13.9. The number of hydrogen-bond donors (Lipinski definition) is 1. The quantitative estimate of drug-likeness (QED) is 0.761. The lowest BCUT2D eigenvalue weighted by atomic mass is 10.0. The highest BCUT2D eigenvalue weighted by Gasteiger charge is 2.27. The van der Waals surface area contributed by atoms with E-state index in [4.69, 9.17) is 9.47 Å². The summed E-state index contributed by atoms with van der Waals surface area (Å²) in [4.78, 5) is 14.8. The van der Waals surface area contributed by atoms with Crippen molar-refractivity contribution in [2.24, 2.45) is 0 Å². The standard InChI is InChI=1S/C20H23BrN2O3/c1-25-16-8-9-19(26-2)17(12-16)22-20(24)13-23-10-4-7-18(23)14-5-3-6-15(21)11-14/h3,5-6,8-9,11-12,18H,4,7,10,13H2,1-2H3,(H,22,24). The molecule has 138 valence electrons. The number of carbonyl (C=O) groups excluding carboxylic acids is 1. The van der Waals surface area contributed by atoms with E-state index in [0.29, 0.717) is 23.7 Å². The zero-order valence-corrected chi connectivity index (χ0v) is 16.6. The van der Waals surface area contributed by atoms with Crippen molar-refractivity contribution in [3.8, 4) is 11.5 Å². The van der Waals surface area contributed by atoms with Crippen molar-refractivity contribution >= 4 is 27.5 Å². The Bertz CT molecular complexity index is 781. The highest BCUT2D eigenvalue weighted by Crippen LogP contribution is 2.33. The Morgan fingerprint density at radius 1 is 1.23 bits per heavy atom. The van der Waals surface area contributed by atoms with Crippen LogP contribution in [0.1, 0.15) is 24.4 Å². The molecule has 0 aliphatic carbocycles. The number of carbonyl (C=O) groups is 1. The lowest BCUT2D eigenvalue weighted by molar-refractivity contribution is -0.117. The van der Waals surface area contributed by atoms with Crippen molar-refractivity contribution in [3.63, 3.8) is 0 Å². The summed E-state index contributed by atoms with van der Waals surface area (Å²) in [5.41, 5.74) is 1.86. The van der Waals surface area contributed by atoms with E-state index in [1.54, 1.807) is 32.4 Å². The van der Waals surface area contributed by atoms with E-state index in [2.05, 4.69) is 38.3 Å². The molecule has 6 heteroatoms. The molecule has 3 rings (SSSR count). The monoisotopic (exact) mass is 418 g/mol. The average Bonchev–Trinajstić information content (AvgIpc) is 3.09. The average molecular weight is 419 g/mol. The number of likely N-dealkylation sites (tertiary alicyclic amines) is 1. The Morgan fingerprint density at radius 3 is 2.81 bits per heavy atom. The van der Waals surface area contributed by atoms with Crippen molar-refractivity contribution in [1.29, 1.82) is 0 Å². The molecule has 1 saturated heterocycles. The van der Waals surface area contributed by atoms with Gasteiger partial charge in [-0.1, -0.05) is 28.1 Å². The van der Waals surface area contributed by atoms with Crippen molar-refractivity contribution < 1.29 is 14.3 Å². The van der Waals surface area contributed by atoms with E-state index >= 15 is 0 Å². The van der Waals surface area contributed by atoms with Crippen LogP contribution in [0.2, 0.25) is 0 Å². The topological polar surface area (TPSA) is 50.8 Å². The summed E-state index contributed by atoms with van der Waals surface area (Å²) in [7, 11) is 3.18. The van der Waals surface area contributed by atoms with E-state index in [-0.39, 0.29) is 11.9 Å². The third-order valence-corrected chi connectivity index (χ3v) is 5.12. The third kappa shape index (κ3) is 4.37. The van der Waals surface area contributed by atoms with Gasteiger partial charge in [-0.2, -0.15) is 0 Å². The third-order valence-electron chi connectivity index (χ3n) is 4.62. The molecular formula is C20H23BrN2O3.